The number of aryl methyl sites for hydroxylation is 2. The second-order valence-electron chi connectivity index (χ2n) is 8.39. The molecule has 0 aliphatic carbocycles. The van der Waals surface area contributed by atoms with Crippen molar-refractivity contribution in [2.24, 2.45) is 7.05 Å². The Hall–Kier alpha value is -2.05. The Morgan fingerprint density at radius 3 is 2.56 bits per heavy atom. The zero-order valence-electron chi connectivity index (χ0n) is 17.6. The summed E-state index contributed by atoms with van der Waals surface area (Å²) in [5.74, 6) is 0.147. The molecule has 0 spiro atoms. The highest BCUT2D eigenvalue weighted by Crippen LogP contribution is 2.20. The highest BCUT2D eigenvalue weighted by atomic mass is 16.6. The molecule has 27 heavy (non-hydrogen) atoms. The summed E-state index contributed by atoms with van der Waals surface area (Å²) in [6, 6.07) is 0.0369. The van der Waals surface area contributed by atoms with Gasteiger partial charge in [-0.15, -0.1) is 0 Å². The fourth-order valence-corrected chi connectivity index (χ4v) is 3.61. The minimum atomic E-state index is -0.522. The Bertz CT molecular complexity index is 676. The number of aromatic nitrogens is 2. The molecule has 1 unspecified atom stereocenters. The maximum Gasteiger partial charge on any atom is 0.407 e. The predicted molar refractivity (Wildman–Crippen MR) is 105 cm³/mol. The number of likely N-dealkylation sites (tertiary alicyclic amines) is 1. The van der Waals surface area contributed by atoms with Crippen LogP contribution in [0.4, 0.5) is 4.79 Å². The van der Waals surface area contributed by atoms with Gasteiger partial charge in [0.05, 0.1) is 5.69 Å². The molecule has 1 saturated heterocycles. The van der Waals surface area contributed by atoms with Crippen molar-refractivity contribution < 1.29 is 14.3 Å². The van der Waals surface area contributed by atoms with E-state index in [2.05, 4.69) is 10.4 Å². The number of hydrogen-bond acceptors (Lipinski definition) is 4. The van der Waals surface area contributed by atoms with Crippen LogP contribution < -0.4 is 5.32 Å². The summed E-state index contributed by atoms with van der Waals surface area (Å²) in [6.07, 6.45) is 3.74. The van der Waals surface area contributed by atoms with E-state index < -0.39 is 11.7 Å². The molecular weight excluding hydrogens is 344 g/mol. The van der Waals surface area contributed by atoms with Gasteiger partial charge >= 0.3 is 6.09 Å². The van der Waals surface area contributed by atoms with Crippen LogP contribution in [0.5, 0.6) is 0 Å². The number of hydrogen-bond donors (Lipinski definition) is 1. The molecule has 1 N–H and O–H groups in total. The first-order valence-corrected chi connectivity index (χ1v) is 9.84. The third-order valence-corrected chi connectivity index (χ3v) is 5.08. The average Bonchev–Trinajstić information content (AvgIpc) is 2.82. The third-order valence-electron chi connectivity index (χ3n) is 5.08. The number of amides is 2. The number of carbonyl (C=O) groups is 2. The summed E-state index contributed by atoms with van der Waals surface area (Å²) in [4.78, 5) is 26.7. The van der Waals surface area contributed by atoms with Gasteiger partial charge in [0.15, 0.2) is 0 Å². The molecule has 7 heteroatoms. The van der Waals surface area contributed by atoms with Crippen molar-refractivity contribution in [1.82, 2.24) is 20.0 Å². The number of ether oxygens (including phenoxy) is 1. The Balaban J connectivity index is 1.91. The van der Waals surface area contributed by atoms with Gasteiger partial charge in [0.25, 0.3) is 0 Å². The standard InChI is InChI=1S/C20H34N4O3/c1-14-17(15(2)23(6)22-14)10-11-18(25)24-12-8-7-9-16(24)13-21-19(26)27-20(3,4)5/h16H,7-13H2,1-6H3,(H,21,26). The lowest BCUT2D eigenvalue weighted by Crippen LogP contribution is -2.50. The zero-order valence-corrected chi connectivity index (χ0v) is 17.6. The second kappa shape index (κ2) is 8.76. The highest BCUT2D eigenvalue weighted by molar-refractivity contribution is 5.77. The van der Waals surface area contributed by atoms with E-state index in [1.807, 2.05) is 51.2 Å². The van der Waals surface area contributed by atoms with Crippen molar-refractivity contribution >= 4 is 12.0 Å². The normalized spacial score (nSPS) is 17.7. The number of rotatable bonds is 5. The van der Waals surface area contributed by atoms with E-state index in [9.17, 15) is 9.59 Å². The van der Waals surface area contributed by atoms with Gasteiger partial charge in [-0.1, -0.05) is 0 Å². The first-order valence-electron chi connectivity index (χ1n) is 9.84. The summed E-state index contributed by atoms with van der Waals surface area (Å²) >= 11 is 0. The Labute approximate surface area is 162 Å². The summed E-state index contributed by atoms with van der Waals surface area (Å²) in [5.41, 5.74) is 2.74. The van der Waals surface area contributed by atoms with Gasteiger partial charge in [-0.2, -0.15) is 5.10 Å². The van der Waals surface area contributed by atoms with Crippen molar-refractivity contribution in [2.45, 2.75) is 78.4 Å². The Morgan fingerprint density at radius 1 is 1.26 bits per heavy atom. The van der Waals surface area contributed by atoms with Crippen LogP contribution in [0.1, 0.15) is 63.4 Å². The van der Waals surface area contributed by atoms with Crippen molar-refractivity contribution in [2.75, 3.05) is 13.1 Å². The molecule has 1 fully saturated rings. The smallest absolute Gasteiger partial charge is 0.407 e. The number of nitrogens with one attached hydrogen (secondary N) is 1. The van der Waals surface area contributed by atoms with Gasteiger partial charge < -0.3 is 15.0 Å². The largest absolute Gasteiger partial charge is 0.444 e. The van der Waals surface area contributed by atoms with Crippen LogP contribution in [0.25, 0.3) is 0 Å². The molecule has 0 aromatic carbocycles. The van der Waals surface area contributed by atoms with Crippen molar-refractivity contribution in [1.29, 1.82) is 0 Å². The topological polar surface area (TPSA) is 76.5 Å². The van der Waals surface area contributed by atoms with Crippen molar-refractivity contribution in [3.8, 4) is 0 Å². The molecule has 1 atom stereocenters. The van der Waals surface area contributed by atoms with Crippen LogP contribution in [0.2, 0.25) is 0 Å². The van der Waals surface area contributed by atoms with E-state index in [-0.39, 0.29) is 11.9 Å². The van der Waals surface area contributed by atoms with Crippen molar-refractivity contribution in [3.05, 3.63) is 17.0 Å². The molecule has 1 aliphatic heterocycles. The molecule has 0 saturated carbocycles. The number of nitrogens with zero attached hydrogens (tertiary/aromatic N) is 3. The van der Waals surface area contributed by atoms with E-state index in [1.165, 1.54) is 0 Å². The molecule has 1 aromatic rings. The fraction of sp³-hybridized carbons (Fsp3) is 0.750. The predicted octanol–water partition coefficient (Wildman–Crippen LogP) is 2.88. The van der Waals surface area contributed by atoms with Crippen LogP contribution in [-0.4, -0.2) is 51.4 Å². The molecule has 7 nitrogen and oxygen atoms in total. The Kier molecular flexibility index (Phi) is 6.89. The highest BCUT2D eigenvalue weighted by Gasteiger charge is 2.27. The number of piperidine rings is 1. The van der Waals surface area contributed by atoms with Crippen LogP contribution in [0, 0.1) is 13.8 Å². The van der Waals surface area contributed by atoms with Crippen LogP contribution in [0.3, 0.4) is 0 Å². The molecule has 1 aliphatic rings. The maximum atomic E-state index is 12.8. The SMILES string of the molecule is Cc1nn(C)c(C)c1CCC(=O)N1CCCCC1CNC(=O)OC(C)(C)C. The lowest BCUT2D eigenvalue weighted by Gasteiger charge is -2.36. The van der Waals surface area contributed by atoms with Crippen molar-refractivity contribution in [3.63, 3.8) is 0 Å². The summed E-state index contributed by atoms with van der Waals surface area (Å²) < 4.78 is 7.16. The second-order valence-corrected chi connectivity index (χ2v) is 8.39. The minimum Gasteiger partial charge on any atom is -0.444 e. The maximum absolute atomic E-state index is 12.8. The van der Waals surface area contributed by atoms with Crippen LogP contribution in [0.15, 0.2) is 0 Å². The van der Waals surface area contributed by atoms with E-state index in [0.717, 1.165) is 42.8 Å². The quantitative estimate of drug-likeness (QED) is 0.855. The van der Waals surface area contributed by atoms with Crippen LogP contribution >= 0.6 is 0 Å². The van der Waals surface area contributed by atoms with E-state index in [1.54, 1.807) is 0 Å². The molecule has 2 rings (SSSR count). The van der Waals surface area contributed by atoms with Gasteiger partial charge in [0.2, 0.25) is 5.91 Å². The molecule has 0 bridgehead atoms. The average molecular weight is 379 g/mol. The lowest BCUT2D eigenvalue weighted by atomic mass is 10.0. The molecule has 2 heterocycles. The van der Waals surface area contributed by atoms with Gasteiger partial charge in [0, 0.05) is 38.3 Å². The van der Waals surface area contributed by atoms with Gasteiger partial charge in [-0.05, 0) is 65.9 Å². The first kappa shape index (κ1) is 21.3. The Morgan fingerprint density at radius 2 is 1.96 bits per heavy atom. The van der Waals surface area contributed by atoms with E-state index in [4.69, 9.17) is 4.74 Å². The monoisotopic (exact) mass is 378 g/mol. The summed E-state index contributed by atoms with van der Waals surface area (Å²) in [6.45, 7) is 10.7. The number of alkyl carbamates (subject to hydrolysis) is 1. The van der Waals surface area contributed by atoms with Gasteiger partial charge in [-0.25, -0.2) is 4.79 Å². The first-order chi connectivity index (χ1) is 12.6. The molecule has 152 valence electrons. The lowest BCUT2D eigenvalue weighted by molar-refractivity contribution is -0.134. The fourth-order valence-electron chi connectivity index (χ4n) is 3.61. The van der Waals surface area contributed by atoms with E-state index >= 15 is 0 Å². The minimum absolute atomic E-state index is 0.0369. The molecule has 0 radical (unpaired) electrons. The third kappa shape index (κ3) is 5.97. The zero-order chi connectivity index (χ0) is 20.2. The summed E-state index contributed by atoms with van der Waals surface area (Å²) in [7, 11) is 1.93. The van der Waals surface area contributed by atoms with E-state index in [0.29, 0.717) is 19.4 Å². The van der Waals surface area contributed by atoms with Gasteiger partial charge in [0.1, 0.15) is 5.60 Å². The van der Waals surface area contributed by atoms with Gasteiger partial charge in [-0.3, -0.25) is 9.48 Å². The number of carbonyl (C=O) groups excluding carboxylic acids is 2. The van der Waals surface area contributed by atoms with Crippen LogP contribution in [-0.2, 0) is 23.0 Å². The molecule has 1 aromatic heterocycles. The summed E-state index contributed by atoms with van der Waals surface area (Å²) in [5, 5.41) is 7.25. The molecule has 2 amide bonds. The molecular formula is C20H34N4O3.